The molecule has 1 unspecified atom stereocenters. The van der Waals surface area contributed by atoms with Gasteiger partial charge in [-0.3, -0.25) is 4.79 Å². The highest BCUT2D eigenvalue weighted by atomic mass is 28.4. The fraction of sp³-hybridized carbons (Fsp3) is 0.381. The molecule has 2 aromatic carbocycles. The third-order valence-corrected chi connectivity index (χ3v) is 5.46. The minimum absolute atomic E-state index is 0.155. The number of rotatable bonds is 5. The van der Waals surface area contributed by atoms with Crippen LogP contribution in [0.25, 0.3) is 0 Å². The third kappa shape index (κ3) is 3.70. The predicted molar refractivity (Wildman–Crippen MR) is 102 cm³/mol. The van der Waals surface area contributed by atoms with Crippen LogP contribution in [0.3, 0.4) is 0 Å². The fourth-order valence-corrected chi connectivity index (χ4v) is 5.00. The van der Waals surface area contributed by atoms with E-state index in [9.17, 15) is 4.79 Å². The Bertz CT molecular complexity index is 667. The van der Waals surface area contributed by atoms with Crippen molar-refractivity contribution in [3.63, 3.8) is 0 Å². The van der Waals surface area contributed by atoms with E-state index in [-0.39, 0.29) is 11.9 Å². The molecule has 1 aliphatic rings. The van der Waals surface area contributed by atoms with Crippen molar-refractivity contribution in [2.24, 2.45) is 5.92 Å². The number of ether oxygens (including phenoxy) is 1. The Kier molecular flexibility index (Phi) is 5.11. The zero-order valence-corrected chi connectivity index (χ0v) is 16.2. The molecule has 3 rings (SSSR count). The molecule has 0 saturated carbocycles. The van der Waals surface area contributed by atoms with Crippen LogP contribution in [0.2, 0.25) is 19.6 Å². The van der Waals surface area contributed by atoms with E-state index in [2.05, 4.69) is 43.9 Å². The van der Waals surface area contributed by atoms with Crippen LogP contribution in [0.1, 0.15) is 24.0 Å². The molecule has 1 heterocycles. The van der Waals surface area contributed by atoms with Crippen molar-refractivity contribution >= 4 is 14.3 Å². The Morgan fingerprint density at radius 1 is 0.960 bits per heavy atom. The van der Waals surface area contributed by atoms with E-state index in [0.717, 1.165) is 24.0 Å². The second-order valence-electron chi connectivity index (χ2n) is 7.54. The van der Waals surface area contributed by atoms with E-state index in [0.29, 0.717) is 6.61 Å². The molecule has 1 aliphatic heterocycles. The highest BCUT2D eigenvalue weighted by molar-refractivity contribution is 6.69. The molecule has 132 valence electrons. The van der Waals surface area contributed by atoms with E-state index >= 15 is 0 Å². The summed E-state index contributed by atoms with van der Waals surface area (Å²) in [4.78, 5) is 12.8. The number of esters is 1. The van der Waals surface area contributed by atoms with Gasteiger partial charge < -0.3 is 9.16 Å². The minimum atomic E-state index is -1.98. The largest absolute Gasteiger partial charge is 0.465 e. The summed E-state index contributed by atoms with van der Waals surface area (Å²) in [6.07, 6.45) is 1.64. The average molecular weight is 355 g/mol. The SMILES string of the molecule is C[Si](C)(C)OC(c1ccccc1)(c1ccccc1)C1CCCOC1=O. The van der Waals surface area contributed by atoms with Crippen LogP contribution in [0.4, 0.5) is 0 Å². The van der Waals surface area contributed by atoms with E-state index in [1.54, 1.807) is 0 Å². The Morgan fingerprint density at radius 3 is 1.92 bits per heavy atom. The van der Waals surface area contributed by atoms with Crippen LogP contribution in [-0.2, 0) is 19.6 Å². The van der Waals surface area contributed by atoms with Crippen LogP contribution in [0.15, 0.2) is 60.7 Å². The minimum Gasteiger partial charge on any atom is -0.465 e. The first kappa shape index (κ1) is 17.9. The molecule has 0 N–H and O–H groups in total. The number of cyclic esters (lactones) is 1. The smallest absolute Gasteiger partial charge is 0.312 e. The van der Waals surface area contributed by atoms with E-state index in [1.165, 1.54) is 0 Å². The van der Waals surface area contributed by atoms with Gasteiger partial charge in [-0.05, 0) is 43.6 Å². The lowest BCUT2D eigenvalue weighted by Gasteiger charge is -2.45. The van der Waals surface area contributed by atoms with Crippen molar-refractivity contribution in [3.8, 4) is 0 Å². The zero-order valence-electron chi connectivity index (χ0n) is 15.2. The van der Waals surface area contributed by atoms with E-state index in [4.69, 9.17) is 9.16 Å². The highest BCUT2D eigenvalue weighted by Gasteiger charge is 2.50. The van der Waals surface area contributed by atoms with Crippen LogP contribution in [0.5, 0.6) is 0 Å². The van der Waals surface area contributed by atoms with Crippen molar-refractivity contribution in [3.05, 3.63) is 71.8 Å². The van der Waals surface area contributed by atoms with Crippen LogP contribution >= 0.6 is 0 Å². The van der Waals surface area contributed by atoms with E-state index in [1.807, 2.05) is 36.4 Å². The first-order chi connectivity index (χ1) is 11.9. The quantitative estimate of drug-likeness (QED) is 0.575. The summed E-state index contributed by atoms with van der Waals surface area (Å²) in [7, 11) is -1.98. The second-order valence-corrected chi connectivity index (χ2v) is 12.0. The lowest BCUT2D eigenvalue weighted by atomic mass is 9.73. The van der Waals surface area contributed by atoms with Gasteiger partial charge in [0.05, 0.1) is 12.5 Å². The third-order valence-electron chi connectivity index (χ3n) is 4.53. The van der Waals surface area contributed by atoms with Gasteiger partial charge in [-0.15, -0.1) is 0 Å². The molecule has 25 heavy (non-hydrogen) atoms. The molecule has 2 aromatic rings. The lowest BCUT2D eigenvalue weighted by molar-refractivity contribution is -0.162. The normalized spacial score (nSPS) is 18.7. The molecule has 1 fully saturated rings. The zero-order chi connectivity index (χ0) is 17.9. The van der Waals surface area contributed by atoms with Crippen molar-refractivity contribution in [1.82, 2.24) is 0 Å². The summed E-state index contributed by atoms with van der Waals surface area (Å²) in [5.41, 5.74) is 1.24. The summed E-state index contributed by atoms with van der Waals surface area (Å²) in [6, 6.07) is 20.3. The van der Waals surface area contributed by atoms with Crippen molar-refractivity contribution in [1.29, 1.82) is 0 Å². The standard InChI is InChI=1S/C21H26O3Si/c1-25(2,3)24-21(17-11-6-4-7-12-17,18-13-8-5-9-14-18)19-15-10-16-23-20(19)22/h4-9,11-14,19H,10,15-16H2,1-3H3. The second kappa shape index (κ2) is 7.14. The predicted octanol–water partition coefficient (Wildman–Crippen LogP) is 4.73. The Hall–Kier alpha value is -1.91. The maximum Gasteiger partial charge on any atom is 0.312 e. The van der Waals surface area contributed by atoms with Gasteiger partial charge in [0.25, 0.3) is 0 Å². The molecule has 3 nitrogen and oxygen atoms in total. The monoisotopic (exact) mass is 354 g/mol. The molecule has 1 atom stereocenters. The summed E-state index contributed by atoms with van der Waals surface area (Å²) < 4.78 is 12.3. The fourth-order valence-electron chi connectivity index (χ4n) is 3.66. The first-order valence-corrected chi connectivity index (χ1v) is 12.3. The van der Waals surface area contributed by atoms with Gasteiger partial charge >= 0.3 is 5.97 Å². The van der Waals surface area contributed by atoms with Crippen molar-refractivity contribution in [2.45, 2.75) is 38.1 Å². The maximum atomic E-state index is 12.8. The Balaban J connectivity index is 2.25. The lowest BCUT2D eigenvalue weighted by Crippen LogP contribution is -2.50. The maximum absolute atomic E-state index is 12.8. The van der Waals surface area contributed by atoms with Gasteiger partial charge in [-0.2, -0.15) is 0 Å². The Morgan fingerprint density at radius 2 is 1.48 bits per heavy atom. The number of hydrogen-bond acceptors (Lipinski definition) is 3. The number of hydrogen-bond donors (Lipinski definition) is 0. The summed E-state index contributed by atoms with van der Waals surface area (Å²) in [5.74, 6) is -0.491. The van der Waals surface area contributed by atoms with Crippen LogP contribution in [0, 0.1) is 5.92 Å². The topological polar surface area (TPSA) is 35.5 Å². The first-order valence-electron chi connectivity index (χ1n) is 8.91. The molecule has 0 amide bonds. The van der Waals surface area contributed by atoms with Crippen LogP contribution < -0.4 is 0 Å². The number of carbonyl (C=O) groups excluding carboxylic acids is 1. The summed E-state index contributed by atoms with van der Waals surface area (Å²) in [6.45, 7) is 7.01. The van der Waals surface area contributed by atoms with Gasteiger partial charge in [-0.1, -0.05) is 60.7 Å². The van der Waals surface area contributed by atoms with Gasteiger partial charge in [0, 0.05) is 0 Å². The highest BCUT2D eigenvalue weighted by Crippen LogP contribution is 2.46. The summed E-state index contributed by atoms with van der Waals surface area (Å²) >= 11 is 0. The van der Waals surface area contributed by atoms with Gasteiger partial charge in [0.15, 0.2) is 8.32 Å². The molecule has 0 bridgehead atoms. The summed E-state index contributed by atoms with van der Waals surface area (Å²) in [5, 5.41) is 0. The molecule has 0 aromatic heterocycles. The molecular weight excluding hydrogens is 328 g/mol. The van der Waals surface area contributed by atoms with Crippen molar-refractivity contribution < 1.29 is 14.0 Å². The van der Waals surface area contributed by atoms with E-state index < -0.39 is 13.9 Å². The van der Waals surface area contributed by atoms with Gasteiger partial charge in [0.2, 0.25) is 0 Å². The molecule has 0 aliphatic carbocycles. The molecular formula is C21H26O3Si. The molecule has 1 saturated heterocycles. The number of carbonyl (C=O) groups is 1. The van der Waals surface area contributed by atoms with Gasteiger partial charge in [-0.25, -0.2) is 0 Å². The van der Waals surface area contributed by atoms with Gasteiger partial charge in [0.1, 0.15) is 5.60 Å². The molecule has 4 heteroatoms. The number of benzene rings is 2. The molecule has 0 spiro atoms. The average Bonchev–Trinajstić information content (AvgIpc) is 2.61. The Labute approximate surface area is 151 Å². The molecule has 0 radical (unpaired) electrons. The van der Waals surface area contributed by atoms with Crippen LogP contribution in [-0.4, -0.2) is 20.9 Å². The van der Waals surface area contributed by atoms with Crippen molar-refractivity contribution in [2.75, 3.05) is 6.61 Å².